The van der Waals surface area contributed by atoms with Gasteiger partial charge >= 0.3 is 6.18 Å². The van der Waals surface area contributed by atoms with Crippen molar-refractivity contribution in [3.63, 3.8) is 0 Å². The van der Waals surface area contributed by atoms with E-state index in [1.165, 1.54) is 6.33 Å². The first-order chi connectivity index (χ1) is 15.9. The third-order valence-electron chi connectivity index (χ3n) is 5.91. The number of aromatic nitrogens is 6. The Kier molecular flexibility index (Phi) is 4.34. The molecular formula is C21H17F3N6O3. The van der Waals surface area contributed by atoms with Gasteiger partial charge in [0.15, 0.2) is 5.69 Å². The number of halogens is 3. The highest BCUT2D eigenvalue weighted by atomic mass is 19.4. The Balaban J connectivity index is 1.53. The minimum atomic E-state index is -4.71. The first-order valence-electron chi connectivity index (χ1n) is 10.2. The van der Waals surface area contributed by atoms with Gasteiger partial charge < -0.3 is 18.6 Å². The van der Waals surface area contributed by atoms with Crippen LogP contribution in [0.25, 0.3) is 28.5 Å². The number of imidazole rings is 1. The van der Waals surface area contributed by atoms with Gasteiger partial charge in [0.1, 0.15) is 12.1 Å². The number of methoxy groups -OCH3 is 1. The standard InChI is InChI=1S/C21H17F3N6O3/c1-31-13-2-3-15-14(7-13)17-11(8-30(27-17)12-4-5-32-9-12)6-16-18(25-10-29(15)16)19-26-20(28-33-19)21(22,23)24/h2-3,7-8,10,12H,4-6,9H2,1H3. The average molecular weight is 458 g/mol. The monoisotopic (exact) mass is 458 g/mol. The minimum absolute atomic E-state index is 0.126. The van der Waals surface area contributed by atoms with Crippen LogP contribution in [0.4, 0.5) is 13.2 Å². The number of ether oxygens (including phenoxy) is 2. The number of hydrogen-bond acceptors (Lipinski definition) is 7. The summed E-state index contributed by atoms with van der Waals surface area (Å²) in [7, 11) is 1.59. The molecule has 4 aromatic rings. The zero-order valence-electron chi connectivity index (χ0n) is 17.3. The molecule has 3 aromatic heterocycles. The van der Waals surface area contributed by atoms with Gasteiger partial charge in [-0.05, 0) is 24.6 Å². The first-order valence-corrected chi connectivity index (χ1v) is 10.2. The normalized spacial score (nSPS) is 17.4. The van der Waals surface area contributed by atoms with Crippen LogP contribution in [0.2, 0.25) is 0 Å². The maximum atomic E-state index is 13.0. The fourth-order valence-electron chi connectivity index (χ4n) is 4.29. The molecule has 5 heterocycles. The second kappa shape index (κ2) is 7.17. The molecule has 33 heavy (non-hydrogen) atoms. The summed E-state index contributed by atoms with van der Waals surface area (Å²) in [4.78, 5) is 7.86. The molecule has 2 aliphatic rings. The molecule has 1 saturated heterocycles. The highest BCUT2D eigenvalue weighted by Crippen LogP contribution is 2.40. The van der Waals surface area contributed by atoms with Gasteiger partial charge in [-0.25, -0.2) is 4.98 Å². The van der Waals surface area contributed by atoms with Gasteiger partial charge in [0, 0.05) is 30.4 Å². The minimum Gasteiger partial charge on any atom is -0.497 e. The van der Waals surface area contributed by atoms with Crippen LogP contribution in [-0.4, -0.2) is 49.8 Å². The lowest BCUT2D eigenvalue weighted by Gasteiger charge is -2.12. The number of fused-ring (bicyclic) bond motifs is 5. The molecule has 0 bridgehead atoms. The Morgan fingerprint density at radius 1 is 1.21 bits per heavy atom. The molecule has 1 aromatic carbocycles. The molecule has 2 aliphatic heterocycles. The molecule has 170 valence electrons. The van der Waals surface area contributed by atoms with Crippen molar-refractivity contribution in [3.8, 4) is 34.3 Å². The summed E-state index contributed by atoms with van der Waals surface area (Å²) in [5.41, 5.74) is 4.08. The third kappa shape index (κ3) is 3.20. The van der Waals surface area contributed by atoms with E-state index >= 15 is 0 Å². The highest BCUT2D eigenvalue weighted by molar-refractivity contribution is 5.77. The Morgan fingerprint density at radius 3 is 2.82 bits per heavy atom. The quantitative estimate of drug-likeness (QED) is 0.407. The van der Waals surface area contributed by atoms with Crippen LogP contribution in [0.1, 0.15) is 29.5 Å². The first kappa shape index (κ1) is 20.0. The molecule has 0 saturated carbocycles. The van der Waals surface area contributed by atoms with E-state index in [2.05, 4.69) is 15.1 Å². The second-order valence-corrected chi connectivity index (χ2v) is 7.89. The van der Waals surface area contributed by atoms with Gasteiger partial charge in [-0.2, -0.15) is 23.3 Å². The summed E-state index contributed by atoms with van der Waals surface area (Å²) < 4.78 is 58.6. The molecule has 0 amide bonds. The van der Waals surface area contributed by atoms with E-state index in [-0.39, 0.29) is 17.6 Å². The van der Waals surface area contributed by atoms with E-state index in [0.29, 0.717) is 31.1 Å². The number of alkyl halides is 3. The average Bonchev–Trinajstić information content (AvgIpc) is 3.57. The van der Waals surface area contributed by atoms with Gasteiger partial charge in [-0.15, -0.1) is 0 Å². The lowest BCUT2D eigenvalue weighted by molar-refractivity contribution is -0.146. The van der Waals surface area contributed by atoms with Crippen LogP contribution in [0.15, 0.2) is 35.2 Å². The van der Waals surface area contributed by atoms with E-state index in [1.807, 2.05) is 33.6 Å². The van der Waals surface area contributed by atoms with Crippen molar-refractivity contribution >= 4 is 0 Å². The number of hydrogen-bond donors (Lipinski definition) is 0. The summed E-state index contributed by atoms with van der Waals surface area (Å²) in [5, 5.41) is 7.93. The molecular weight excluding hydrogens is 441 g/mol. The van der Waals surface area contributed by atoms with Gasteiger partial charge in [0.05, 0.1) is 36.8 Å². The molecule has 1 atom stereocenters. The fourth-order valence-corrected chi connectivity index (χ4v) is 4.29. The Hall–Kier alpha value is -3.67. The molecule has 0 N–H and O–H groups in total. The van der Waals surface area contributed by atoms with E-state index in [9.17, 15) is 13.2 Å². The Bertz CT molecular complexity index is 1350. The lowest BCUT2D eigenvalue weighted by Crippen LogP contribution is -2.09. The molecule has 6 rings (SSSR count). The third-order valence-corrected chi connectivity index (χ3v) is 5.91. The number of rotatable bonds is 3. The van der Waals surface area contributed by atoms with Crippen molar-refractivity contribution in [1.82, 2.24) is 29.5 Å². The molecule has 1 unspecified atom stereocenters. The van der Waals surface area contributed by atoms with E-state index in [4.69, 9.17) is 19.1 Å². The van der Waals surface area contributed by atoms with Crippen LogP contribution in [0.3, 0.4) is 0 Å². The predicted octanol–water partition coefficient (Wildman–Crippen LogP) is 3.68. The van der Waals surface area contributed by atoms with Crippen LogP contribution in [0.5, 0.6) is 5.75 Å². The van der Waals surface area contributed by atoms with Crippen molar-refractivity contribution in [2.24, 2.45) is 0 Å². The van der Waals surface area contributed by atoms with Gasteiger partial charge in [-0.3, -0.25) is 4.68 Å². The molecule has 0 spiro atoms. The lowest BCUT2D eigenvalue weighted by atomic mass is 10.0. The highest BCUT2D eigenvalue weighted by Gasteiger charge is 2.38. The Labute approximate surface area is 184 Å². The second-order valence-electron chi connectivity index (χ2n) is 7.89. The van der Waals surface area contributed by atoms with Crippen LogP contribution in [-0.2, 0) is 17.3 Å². The van der Waals surface area contributed by atoms with Crippen molar-refractivity contribution in [2.45, 2.75) is 25.1 Å². The summed E-state index contributed by atoms with van der Waals surface area (Å²) >= 11 is 0. The molecule has 0 radical (unpaired) electrons. The topological polar surface area (TPSA) is 93.0 Å². The van der Waals surface area contributed by atoms with E-state index in [0.717, 1.165) is 28.9 Å². The maximum absolute atomic E-state index is 13.0. The van der Waals surface area contributed by atoms with Gasteiger partial charge in [0.2, 0.25) is 0 Å². The van der Waals surface area contributed by atoms with Crippen molar-refractivity contribution in [3.05, 3.63) is 47.8 Å². The largest absolute Gasteiger partial charge is 0.497 e. The van der Waals surface area contributed by atoms with Crippen LogP contribution >= 0.6 is 0 Å². The molecule has 9 nitrogen and oxygen atoms in total. The van der Waals surface area contributed by atoms with Crippen LogP contribution < -0.4 is 4.74 Å². The van der Waals surface area contributed by atoms with Gasteiger partial charge in [0.25, 0.3) is 11.7 Å². The van der Waals surface area contributed by atoms with Crippen LogP contribution in [0, 0.1) is 0 Å². The smallest absolute Gasteiger partial charge is 0.455 e. The van der Waals surface area contributed by atoms with Crippen molar-refractivity contribution < 1.29 is 27.2 Å². The summed E-state index contributed by atoms with van der Waals surface area (Å²) in [5.74, 6) is -0.965. The summed E-state index contributed by atoms with van der Waals surface area (Å²) in [6.07, 6.45) is 0.00660. The number of nitrogens with zero attached hydrogens (tertiary/aromatic N) is 6. The SMILES string of the molecule is COc1ccc2c(c1)-c1nn(C3CCOC3)cc1Cc1c(-c3nc(C(F)(F)F)no3)ncn1-2. The maximum Gasteiger partial charge on any atom is 0.455 e. The summed E-state index contributed by atoms with van der Waals surface area (Å²) in [6, 6.07) is 5.69. The Morgan fingerprint density at radius 2 is 2.09 bits per heavy atom. The van der Waals surface area contributed by atoms with Gasteiger partial charge in [-0.1, -0.05) is 5.16 Å². The summed E-state index contributed by atoms with van der Waals surface area (Å²) in [6.45, 7) is 1.26. The number of benzene rings is 1. The van der Waals surface area contributed by atoms with Crippen molar-refractivity contribution in [1.29, 1.82) is 0 Å². The van der Waals surface area contributed by atoms with Crippen molar-refractivity contribution in [2.75, 3.05) is 20.3 Å². The zero-order chi connectivity index (χ0) is 22.7. The zero-order valence-corrected chi connectivity index (χ0v) is 17.3. The molecule has 12 heteroatoms. The molecule has 1 fully saturated rings. The molecule has 0 aliphatic carbocycles. The fraction of sp³-hybridized carbons (Fsp3) is 0.333. The van der Waals surface area contributed by atoms with E-state index < -0.39 is 12.0 Å². The predicted molar refractivity (Wildman–Crippen MR) is 107 cm³/mol. The van der Waals surface area contributed by atoms with E-state index in [1.54, 1.807) is 7.11 Å².